The van der Waals surface area contributed by atoms with Gasteiger partial charge in [-0.25, -0.2) is 0 Å². The van der Waals surface area contributed by atoms with E-state index in [1.165, 1.54) is 6.20 Å². The summed E-state index contributed by atoms with van der Waals surface area (Å²) in [5.74, 6) is 0. The smallest absolute Gasteiger partial charge is 0.147 e. The third kappa shape index (κ3) is 2.20. The lowest BCUT2D eigenvalue weighted by molar-refractivity contribution is -0.105. The van der Waals surface area contributed by atoms with Crippen LogP contribution in [-0.4, -0.2) is 18.9 Å². The third-order valence-electron chi connectivity index (χ3n) is 2.00. The number of carbonyl (C=O) groups excluding carboxylic acids is 1. The lowest BCUT2D eigenvalue weighted by Gasteiger charge is -2.07. The van der Waals surface area contributed by atoms with Crippen molar-refractivity contribution in [3.8, 4) is 0 Å². The molecule has 1 unspecified atom stereocenters. The molecule has 1 fully saturated rings. The van der Waals surface area contributed by atoms with Gasteiger partial charge in [-0.3, -0.25) is 4.79 Å². The number of nitrogens with two attached hydrogens (primary N) is 1. The molecule has 3 nitrogen and oxygen atoms in total. The minimum absolute atomic E-state index is 0.235. The molecule has 0 aromatic rings. The minimum Gasteiger partial charge on any atom is -0.405 e. The molecular weight excluding hydrogens is 152 g/mol. The average molecular weight is 166 g/mol. The Balaban J connectivity index is 2.59. The van der Waals surface area contributed by atoms with Crippen LogP contribution in [0.4, 0.5) is 0 Å². The van der Waals surface area contributed by atoms with E-state index in [9.17, 15) is 4.79 Å². The van der Waals surface area contributed by atoms with Crippen molar-refractivity contribution in [3.05, 3.63) is 23.9 Å². The first-order chi connectivity index (χ1) is 5.88. The average Bonchev–Trinajstić information content (AvgIpc) is 2.59. The van der Waals surface area contributed by atoms with E-state index in [4.69, 9.17) is 5.73 Å². The summed E-state index contributed by atoms with van der Waals surface area (Å²) in [6, 6.07) is 0.235. The van der Waals surface area contributed by atoms with E-state index in [2.05, 4.69) is 5.32 Å². The van der Waals surface area contributed by atoms with Crippen molar-refractivity contribution in [2.75, 3.05) is 6.54 Å². The third-order valence-corrected chi connectivity index (χ3v) is 2.00. The maximum atomic E-state index is 10.6. The highest BCUT2D eigenvalue weighted by Crippen LogP contribution is 2.12. The molecule has 1 heterocycles. The van der Waals surface area contributed by atoms with Gasteiger partial charge in [-0.05, 0) is 31.7 Å². The van der Waals surface area contributed by atoms with Crippen LogP contribution in [-0.2, 0) is 4.79 Å². The van der Waals surface area contributed by atoms with Crippen LogP contribution >= 0.6 is 0 Å². The lowest BCUT2D eigenvalue weighted by Crippen LogP contribution is -2.24. The van der Waals surface area contributed by atoms with Crippen LogP contribution in [0.2, 0.25) is 0 Å². The molecule has 0 aliphatic carbocycles. The first kappa shape index (κ1) is 9.00. The van der Waals surface area contributed by atoms with Gasteiger partial charge in [0, 0.05) is 11.6 Å². The fourth-order valence-electron chi connectivity index (χ4n) is 1.37. The quantitative estimate of drug-likeness (QED) is 0.361. The Morgan fingerprint density at radius 3 is 2.92 bits per heavy atom. The van der Waals surface area contributed by atoms with E-state index in [1.54, 1.807) is 12.2 Å². The van der Waals surface area contributed by atoms with Crippen molar-refractivity contribution < 1.29 is 4.79 Å². The van der Waals surface area contributed by atoms with Gasteiger partial charge >= 0.3 is 0 Å². The zero-order chi connectivity index (χ0) is 8.81. The number of rotatable bonds is 3. The van der Waals surface area contributed by atoms with E-state index in [-0.39, 0.29) is 6.04 Å². The van der Waals surface area contributed by atoms with Gasteiger partial charge < -0.3 is 11.1 Å². The lowest BCUT2D eigenvalue weighted by atomic mass is 10.1. The van der Waals surface area contributed by atoms with Crippen LogP contribution < -0.4 is 11.1 Å². The van der Waals surface area contributed by atoms with Crippen LogP contribution in [0, 0.1) is 0 Å². The Bertz CT molecular complexity index is 203. The number of hydrogen-bond acceptors (Lipinski definition) is 3. The molecule has 3 heteroatoms. The monoisotopic (exact) mass is 166 g/mol. The Morgan fingerprint density at radius 1 is 1.58 bits per heavy atom. The summed E-state index contributed by atoms with van der Waals surface area (Å²) in [6.07, 6.45) is 7.95. The highest BCUT2D eigenvalue weighted by molar-refractivity contribution is 5.75. The molecule has 1 atom stereocenters. The van der Waals surface area contributed by atoms with E-state index in [1.807, 2.05) is 0 Å². The number of aldehydes is 1. The molecule has 0 spiro atoms. The van der Waals surface area contributed by atoms with Gasteiger partial charge in [-0.2, -0.15) is 0 Å². The summed E-state index contributed by atoms with van der Waals surface area (Å²) >= 11 is 0. The second-order valence-corrected chi connectivity index (χ2v) is 2.82. The molecular formula is C9H14N2O. The van der Waals surface area contributed by atoms with Gasteiger partial charge in [-0.15, -0.1) is 0 Å². The van der Waals surface area contributed by atoms with Crippen molar-refractivity contribution in [2.24, 2.45) is 5.73 Å². The van der Waals surface area contributed by atoms with Gasteiger partial charge in [-0.1, -0.05) is 6.08 Å². The van der Waals surface area contributed by atoms with E-state index in [0.717, 1.165) is 31.2 Å². The van der Waals surface area contributed by atoms with E-state index < -0.39 is 0 Å². The molecule has 1 aliphatic heterocycles. The standard InChI is InChI=1S/C9H14N2O/c10-5-1-3-8(7-12)9-4-2-6-11-9/h1,3,5,7,9,11H,2,4,6,10H2. The summed E-state index contributed by atoms with van der Waals surface area (Å²) in [7, 11) is 0. The highest BCUT2D eigenvalue weighted by Gasteiger charge is 2.16. The van der Waals surface area contributed by atoms with Gasteiger partial charge in [0.25, 0.3) is 0 Å². The predicted molar refractivity (Wildman–Crippen MR) is 48.5 cm³/mol. The van der Waals surface area contributed by atoms with Crippen molar-refractivity contribution in [1.29, 1.82) is 0 Å². The van der Waals surface area contributed by atoms with Crippen LogP contribution in [0.15, 0.2) is 23.9 Å². The molecule has 0 radical (unpaired) electrons. The number of allylic oxidation sites excluding steroid dienone is 2. The topological polar surface area (TPSA) is 55.1 Å². The first-order valence-corrected chi connectivity index (χ1v) is 4.15. The second kappa shape index (κ2) is 4.72. The van der Waals surface area contributed by atoms with Crippen molar-refractivity contribution >= 4 is 6.29 Å². The molecule has 0 aromatic heterocycles. The SMILES string of the molecule is NC=CC=C(C=O)C1CCCN1. The summed E-state index contributed by atoms with van der Waals surface area (Å²) in [4.78, 5) is 10.6. The molecule has 1 rings (SSSR count). The molecule has 12 heavy (non-hydrogen) atoms. The largest absolute Gasteiger partial charge is 0.405 e. The molecule has 3 N–H and O–H groups in total. The van der Waals surface area contributed by atoms with Crippen LogP contribution in [0.5, 0.6) is 0 Å². The summed E-state index contributed by atoms with van der Waals surface area (Å²) in [5, 5.41) is 3.24. The maximum absolute atomic E-state index is 10.6. The Kier molecular flexibility index (Phi) is 3.54. The highest BCUT2D eigenvalue weighted by atomic mass is 16.1. The second-order valence-electron chi connectivity index (χ2n) is 2.82. The molecule has 0 saturated carbocycles. The minimum atomic E-state index is 0.235. The van der Waals surface area contributed by atoms with E-state index >= 15 is 0 Å². The van der Waals surface area contributed by atoms with Gasteiger partial charge in [0.05, 0.1) is 0 Å². The summed E-state index contributed by atoms with van der Waals surface area (Å²) in [5.41, 5.74) is 5.96. The normalized spacial score (nSPS) is 25.0. The Morgan fingerprint density at radius 2 is 2.42 bits per heavy atom. The molecule has 1 aliphatic rings. The molecule has 0 bridgehead atoms. The van der Waals surface area contributed by atoms with Gasteiger partial charge in [0.1, 0.15) is 6.29 Å². The zero-order valence-electron chi connectivity index (χ0n) is 6.99. The first-order valence-electron chi connectivity index (χ1n) is 4.15. The molecule has 0 amide bonds. The molecule has 0 aromatic carbocycles. The van der Waals surface area contributed by atoms with Crippen molar-refractivity contribution in [1.82, 2.24) is 5.32 Å². The van der Waals surface area contributed by atoms with Crippen LogP contribution in [0.3, 0.4) is 0 Å². The Hall–Kier alpha value is -1.09. The summed E-state index contributed by atoms with van der Waals surface area (Å²) < 4.78 is 0. The Labute approximate surface area is 72.3 Å². The number of carbonyl (C=O) groups is 1. The van der Waals surface area contributed by atoms with E-state index in [0.29, 0.717) is 0 Å². The van der Waals surface area contributed by atoms with Gasteiger partial charge in [0.2, 0.25) is 0 Å². The number of nitrogens with one attached hydrogen (secondary N) is 1. The van der Waals surface area contributed by atoms with Crippen molar-refractivity contribution in [2.45, 2.75) is 18.9 Å². The molecule has 66 valence electrons. The molecule has 1 saturated heterocycles. The zero-order valence-corrected chi connectivity index (χ0v) is 6.99. The van der Waals surface area contributed by atoms with Gasteiger partial charge in [0.15, 0.2) is 0 Å². The number of hydrogen-bond donors (Lipinski definition) is 2. The summed E-state index contributed by atoms with van der Waals surface area (Å²) in [6.45, 7) is 1.00. The van der Waals surface area contributed by atoms with Crippen LogP contribution in [0.1, 0.15) is 12.8 Å². The maximum Gasteiger partial charge on any atom is 0.147 e. The fraction of sp³-hybridized carbons (Fsp3) is 0.444. The van der Waals surface area contributed by atoms with Crippen molar-refractivity contribution in [3.63, 3.8) is 0 Å². The van der Waals surface area contributed by atoms with Crippen LogP contribution in [0.25, 0.3) is 0 Å². The predicted octanol–water partition coefficient (Wildman–Crippen LogP) is 0.336. The fourth-order valence-corrected chi connectivity index (χ4v) is 1.37.